The Bertz CT molecular complexity index is 545. The summed E-state index contributed by atoms with van der Waals surface area (Å²) in [5.74, 6) is 1.14. The molecule has 17 heavy (non-hydrogen) atoms. The van der Waals surface area contributed by atoms with Crippen LogP contribution in [-0.4, -0.2) is 20.0 Å². The first-order valence-corrected chi connectivity index (χ1v) is 5.93. The van der Waals surface area contributed by atoms with Gasteiger partial charge in [0.25, 0.3) is 0 Å². The first kappa shape index (κ1) is 12.0. The van der Waals surface area contributed by atoms with Crippen molar-refractivity contribution in [3.05, 3.63) is 34.2 Å². The van der Waals surface area contributed by atoms with Gasteiger partial charge >= 0.3 is 0 Å². The number of hydrogen-bond acceptors (Lipinski definition) is 3. The van der Waals surface area contributed by atoms with Crippen molar-refractivity contribution < 1.29 is 0 Å². The number of aromatic nitrogens is 4. The van der Waals surface area contributed by atoms with Crippen molar-refractivity contribution in [3.63, 3.8) is 0 Å². The molecule has 2 aromatic rings. The lowest BCUT2D eigenvalue weighted by Gasteiger charge is -2.07. The van der Waals surface area contributed by atoms with Gasteiger partial charge in [-0.15, -0.1) is 10.2 Å². The second-order valence-electron chi connectivity index (χ2n) is 4.40. The first-order valence-electron chi connectivity index (χ1n) is 5.56. The van der Waals surface area contributed by atoms with E-state index >= 15 is 0 Å². The van der Waals surface area contributed by atoms with Crippen molar-refractivity contribution in [2.75, 3.05) is 0 Å². The summed E-state index contributed by atoms with van der Waals surface area (Å²) in [6, 6.07) is 2.00. The maximum atomic E-state index is 5.93. The Labute approximate surface area is 106 Å². The van der Waals surface area contributed by atoms with E-state index in [1.54, 1.807) is 4.68 Å². The number of hydrogen-bond donors (Lipinski definition) is 0. The maximum Gasteiger partial charge on any atom is 0.178 e. The van der Waals surface area contributed by atoms with E-state index in [0.717, 1.165) is 22.6 Å². The Morgan fingerprint density at radius 2 is 1.88 bits per heavy atom. The lowest BCUT2D eigenvalue weighted by atomic mass is 10.1. The van der Waals surface area contributed by atoms with Crippen LogP contribution in [0.3, 0.4) is 0 Å². The van der Waals surface area contributed by atoms with Gasteiger partial charge in [-0.3, -0.25) is 0 Å². The summed E-state index contributed by atoms with van der Waals surface area (Å²) in [5, 5.41) is 13.0. The third kappa shape index (κ3) is 2.17. The fraction of sp³-hybridized carbons (Fsp3) is 0.417. The van der Waals surface area contributed by atoms with E-state index in [2.05, 4.69) is 29.1 Å². The zero-order valence-electron chi connectivity index (χ0n) is 10.4. The van der Waals surface area contributed by atoms with Crippen LogP contribution in [0.2, 0.25) is 5.15 Å². The smallest absolute Gasteiger partial charge is 0.178 e. The van der Waals surface area contributed by atoms with Gasteiger partial charge in [0.2, 0.25) is 0 Å². The van der Waals surface area contributed by atoms with Crippen LogP contribution in [0.25, 0.3) is 5.82 Å². The second kappa shape index (κ2) is 4.45. The van der Waals surface area contributed by atoms with E-state index in [4.69, 9.17) is 11.6 Å². The highest BCUT2D eigenvalue weighted by atomic mass is 35.5. The van der Waals surface area contributed by atoms with Gasteiger partial charge in [-0.25, -0.2) is 4.68 Å². The number of nitrogens with zero attached hydrogens (tertiary/aromatic N) is 4. The van der Waals surface area contributed by atoms with Gasteiger partial charge in [0, 0.05) is 11.8 Å². The van der Waals surface area contributed by atoms with Gasteiger partial charge in [0.1, 0.15) is 0 Å². The van der Waals surface area contributed by atoms with Crippen molar-refractivity contribution >= 4 is 11.6 Å². The summed E-state index contributed by atoms with van der Waals surface area (Å²) in [6.45, 7) is 8.13. The molecule has 0 spiro atoms. The highest BCUT2D eigenvalue weighted by Crippen LogP contribution is 2.20. The summed E-state index contributed by atoms with van der Waals surface area (Å²) < 4.78 is 1.75. The molecule has 2 rings (SSSR count). The highest BCUT2D eigenvalue weighted by Gasteiger charge is 2.11. The van der Waals surface area contributed by atoms with Gasteiger partial charge < -0.3 is 0 Å². The molecule has 90 valence electrons. The van der Waals surface area contributed by atoms with Crippen molar-refractivity contribution in [2.45, 2.75) is 33.6 Å². The molecule has 0 saturated carbocycles. The second-order valence-corrected chi connectivity index (χ2v) is 4.76. The van der Waals surface area contributed by atoms with Crippen LogP contribution in [0.15, 0.2) is 12.3 Å². The van der Waals surface area contributed by atoms with E-state index in [0.29, 0.717) is 11.1 Å². The minimum absolute atomic E-state index is 0.401. The lowest BCUT2D eigenvalue weighted by Crippen LogP contribution is -2.06. The van der Waals surface area contributed by atoms with E-state index in [-0.39, 0.29) is 0 Å². The Kier molecular flexibility index (Phi) is 3.15. The molecule has 0 amide bonds. The molecule has 0 aliphatic rings. The molecule has 0 aliphatic heterocycles. The summed E-state index contributed by atoms with van der Waals surface area (Å²) in [7, 11) is 0. The largest absolute Gasteiger partial charge is 0.220 e. The Hall–Kier alpha value is -1.42. The molecule has 2 aromatic heterocycles. The molecule has 0 bridgehead atoms. The lowest BCUT2D eigenvalue weighted by molar-refractivity contribution is 0.741. The molecule has 4 nitrogen and oxygen atoms in total. The third-order valence-corrected chi connectivity index (χ3v) is 3.22. The minimum Gasteiger partial charge on any atom is -0.220 e. The Balaban J connectivity index is 2.49. The van der Waals surface area contributed by atoms with E-state index < -0.39 is 0 Å². The predicted octanol–water partition coefficient (Wildman–Crippen LogP) is 3.06. The molecule has 0 atom stereocenters. The molecule has 0 aromatic carbocycles. The van der Waals surface area contributed by atoms with Crippen molar-refractivity contribution in [3.8, 4) is 5.82 Å². The topological polar surface area (TPSA) is 43.6 Å². The average molecular weight is 251 g/mol. The average Bonchev–Trinajstić information content (AvgIpc) is 2.75. The van der Waals surface area contributed by atoms with Crippen LogP contribution in [-0.2, 0) is 0 Å². The summed E-state index contributed by atoms with van der Waals surface area (Å²) >= 11 is 5.93. The van der Waals surface area contributed by atoms with Crippen LogP contribution in [0, 0.1) is 13.8 Å². The molecule has 0 saturated heterocycles. The molecule has 0 aliphatic carbocycles. The van der Waals surface area contributed by atoms with Crippen molar-refractivity contribution in [2.24, 2.45) is 0 Å². The Morgan fingerprint density at radius 1 is 1.18 bits per heavy atom. The fourth-order valence-corrected chi connectivity index (χ4v) is 1.72. The van der Waals surface area contributed by atoms with Crippen molar-refractivity contribution in [1.82, 2.24) is 20.0 Å². The summed E-state index contributed by atoms with van der Waals surface area (Å²) in [6.07, 6.45) is 1.90. The third-order valence-electron chi connectivity index (χ3n) is 2.86. The quantitative estimate of drug-likeness (QED) is 0.823. The van der Waals surface area contributed by atoms with E-state index in [1.807, 2.05) is 26.1 Å². The molecular weight excluding hydrogens is 236 g/mol. The zero-order valence-corrected chi connectivity index (χ0v) is 11.2. The Morgan fingerprint density at radius 3 is 2.47 bits per heavy atom. The van der Waals surface area contributed by atoms with E-state index in [9.17, 15) is 0 Å². The first-order chi connectivity index (χ1) is 8.00. The van der Waals surface area contributed by atoms with Crippen molar-refractivity contribution in [1.29, 1.82) is 0 Å². The standard InChI is InChI=1S/C12H15ClN4/c1-7(2)10-5-6-17(16-10)12-9(4)8(3)11(13)14-15-12/h5-7H,1-4H3. The molecular formula is C12H15ClN4. The molecule has 0 N–H and O–H groups in total. The molecule has 0 fully saturated rings. The molecule has 0 radical (unpaired) electrons. The molecule has 5 heteroatoms. The van der Waals surface area contributed by atoms with Gasteiger partial charge in [-0.05, 0) is 31.4 Å². The number of halogens is 1. The van der Waals surface area contributed by atoms with Crippen LogP contribution in [0.5, 0.6) is 0 Å². The predicted molar refractivity (Wildman–Crippen MR) is 67.7 cm³/mol. The minimum atomic E-state index is 0.401. The van der Waals surface area contributed by atoms with Gasteiger partial charge in [0.15, 0.2) is 11.0 Å². The summed E-state index contributed by atoms with van der Waals surface area (Å²) in [4.78, 5) is 0. The fourth-order valence-electron chi connectivity index (χ4n) is 1.55. The summed E-state index contributed by atoms with van der Waals surface area (Å²) in [5.41, 5.74) is 2.99. The zero-order chi connectivity index (χ0) is 12.6. The van der Waals surface area contributed by atoms with E-state index in [1.165, 1.54) is 0 Å². The monoisotopic (exact) mass is 250 g/mol. The highest BCUT2D eigenvalue weighted by molar-refractivity contribution is 6.30. The normalized spacial score (nSPS) is 11.2. The van der Waals surface area contributed by atoms with Gasteiger partial charge in [0.05, 0.1) is 5.69 Å². The van der Waals surface area contributed by atoms with Crippen LogP contribution < -0.4 is 0 Å². The van der Waals surface area contributed by atoms with Gasteiger partial charge in [-0.1, -0.05) is 25.4 Å². The number of rotatable bonds is 2. The van der Waals surface area contributed by atoms with Crippen LogP contribution in [0.4, 0.5) is 0 Å². The SMILES string of the molecule is Cc1c(Cl)nnc(-n2ccc(C(C)C)n2)c1C. The van der Waals surface area contributed by atoms with Crippen LogP contribution >= 0.6 is 11.6 Å². The maximum absolute atomic E-state index is 5.93. The molecule has 0 unspecified atom stereocenters. The van der Waals surface area contributed by atoms with Crippen LogP contribution in [0.1, 0.15) is 36.6 Å². The van der Waals surface area contributed by atoms with Gasteiger partial charge in [-0.2, -0.15) is 5.10 Å². The molecule has 2 heterocycles.